The zero-order chi connectivity index (χ0) is 14.0. The van der Waals surface area contributed by atoms with E-state index >= 15 is 0 Å². The summed E-state index contributed by atoms with van der Waals surface area (Å²) in [5.41, 5.74) is -1.06. The van der Waals surface area contributed by atoms with Gasteiger partial charge in [0.05, 0.1) is 0 Å². The standard InChI is InChI=1S/C14H14F3NO/c1-9(15)10-6-11(13(17)12(16)7-10)14(18-8-19)4-2-3-5-14/h6-7,9H,2-5H2,1H3. The van der Waals surface area contributed by atoms with Crippen molar-refractivity contribution >= 4 is 6.08 Å². The number of isocyanates is 1. The molecule has 5 heteroatoms. The zero-order valence-electron chi connectivity index (χ0n) is 10.5. The Morgan fingerprint density at radius 2 is 1.95 bits per heavy atom. The Morgan fingerprint density at radius 3 is 2.47 bits per heavy atom. The molecule has 0 heterocycles. The number of hydrogen-bond acceptors (Lipinski definition) is 2. The van der Waals surface area contributed by atoms with Crippen molar-refractivity contribution in [3.8, 4) is 0 Å². The monoisotopic (exact) mass is 269 g/mol. The van der Waals surface area contributed by atoms with Gasteiger partial charge in [-0.25, -0.2) is 18.0 Å². The summed E-state index contributed by atoms with van der Waals surface area (Å²) in [5.74, 6) is -2.16. The normalized spacial score (nSPS) is 18.9. The molecule has 0 spiro atoms. The minimum atomic E-state index is -1.41. The molecule has 1 fully saturated rings. The van der Waals surface area contributed by atoms with Crippen molar-refractivity contribution in [2.45, 2.75) is 44.3 Å². The van der Waals surface area contributed by atoms with Crippen LogP contribution in [0, 0.1) is 11.6 Å². The highest BCUT2D eigenvalue weighted by atomic mass is 19.2. The summed E-state index contributed by atoms with van der Waals surface area (Å²) in [6.07, 6.45) is 2.45. The van der Waals surface area contributed by atoms with Gasteiger partial charge < -0.3 is 0 Å². The molecule has 0 radical (unpaired) electrons. The number of alkyl halides is 1. The van der Waals surface area contributed by atoms with E-state index in [4.69, 9.17) is 0 Å². The Labute approximate surface area is 109 Å². The average molecular weight is 269 g/mol. The summed E-state index contributed by atoms with van der Waals surface area (Å²) in [6.45, 7) is 1.25. The Hall–Kier alpha value is -1.61. The molecule has 1 aliphatic rings. The number of rotatable bonds is 3. The maximum Gasteiger partial charge on any atom is 0.235 e. The lowest BCUT2D eigenvalue weighted by atomic mass is 9.87. The molecule has 0 saturated heterocycles. The lowest BCUT2D eigenvalue weighted by Gasteiger charge is -2.24. The fraction of sp³-hybridized carbons (Fsp3) is 0.500. The largest absolute Gasteiger partial charge is 0.243 e. The van der Waals surface area contributed by atoms with Crippen molar-refractivity contribution in [1.29, 1.82) is 0 Å². The number of carbonyl (C=O) groups excluding carboxylic acids is 1. The summed E-state index contributed by atoms with van der Waals surface area (Å²) in [6, 6.07) is 2.12. The molecule has 0 N–H and O–H groups in total. The van der Waals surface area contributed by atoms with E-state index in [1.807, 2.05) is 0 Å². The Kier molecular flexibility index (Phi) is 3.76. The average Bonchev–Trinajstić information content (AvgIpc) is 2.82. The van der Waals surface area contributed by atoms with E-state index in [9.17, 15) is 18.0 Å². The topological polar surface area (TPSA) is 29.4 Å². The van der Waals surface area contributed by atoms with E-state index in [-0.39, 0.29) is 11.1 Å². The summed E-state index contributed by atoms with van der Waals surface area (Å²) < 4.78 is 40.9. The molecule has 0 amide bonds. The second-order valence-corrected chi connectivity index (χ2v) is 4.92. The third-order valence-corrected chi connectivity index (χ3v) is 3.70. The lowest BCUT2D eigenvalue weighted by molar-refractivity contribution is 0.365. The van der Waals surface area contributed by atoms with Gasteiger partial charge in [-0.3, -0.25) is 0 Å². The number of nitrogens with zero attached hydrogens (tertiary/aromatic N) is 1. The predicted octanol–water partition coefficient (Wildman–Crippen LogP) is 4.10. The first kappa shape index (κ1) is 13.8. The van der Waals surface area contributed by atoms with Crippen LogP contribution in [-0.2, 0) is 10.3 Å². The number of hydrogen-bond donors (Lipinski definition) is 0. The number of halogens is 3. The molecular weight excluding hydrogens is 255 g/mol. The van der Waals surface area contributed by atoms with Crippen LogP contribution in [0.15, 0.2) is 17.1 Å². The van der Waals surface area contributed by atoms with Crippen molar-refractivity contribution in [2.75, 3.05) is 0 Å². The van der Waals surface area contributed by atoms with Gasteiger partial charge in [0.25, 0.3) is 0 Å². The maximum atomic E-state index is 14.0. The van der Waals surface area contributed by atoms with Crippen LogP contribution in [-0.4, -0.2) is 6.08 Å². The van der Waals surface area contributed by atoms with Crippen LogP contribution in [0.5, 0.6) is 0 Å². The van der Waals surface area contributed by atoms with Crippen molar-refractivity contribution in [2.24, 2.45) is 4.99 Å². The van der Waals surface area contributed by atoms with Crippen LogP contribution in [0.25, 0.3) is 0 Å². The molecule has 1 aliphatic carbocycles. The molecule has 0 aliphatic heterocycles. The highest BCUT2D eigenvalue weighted by Crippen LogP contribution is 2.44. The molecule has 19 heavy (non-hydrogen) atoms. The Balaban J connectivity index is 2.62. The molecule has 2 rings (SSSR count). The third-order valence-electron chi connectivity index (χ3n) is 3.70. The van der Waals surface area contributed by atoms with Crippen LogP contribution in [0.3, 0.4) is 0 Å². The van der Waals surface area contributed by atoms with Gasteiger partial charge >= 0.3 is 0 Å². The smallest absolute Gasteiger partial charge is 0.235 e. The van der Waals surface area contributed by atoms with Gasteiger partial charge in [-0.1, -0.05) is 12.8 Å². The molecule has 1 unspecified atom stereocenters. The van der Waals surface area contributed by atoms with Crippen molar-refractivity contribution in [1.82, 2.24) is 0 Å². The van der Waals surface area contributed by atoms with Crippen molar-refractivity contribution < 1.29 is 18.0 Å². The SMILES string of the molecule is CC(F)c1cc(F)c(F)c(C2(N=C=O)CCCC2)c1. The first-order valence-electron chi connectivity index (χ1n) is 6.23. The maximum absolute atomic E-state index is 14.0. The van der Waals surface area contributed by atoms with Crippen molar-refractivity contribution in [3.63, 3.8) is 0 Å². The molecule has 1 atom stereocenters. The molecule has 1 saturated carbocycles. The first-order valence-corrected chi connectivity index (χ1v) is 6.23. The van der Waals surface area contributed by atoms with Gasteiger partial charge in [0.2, 0.25) is 6.08 Å². The Bertz CT molecular complexity index is 530. The first-order chi connectivity index (χ1) is 9.00. The van der Waals surface area contributed by atoms with Gasteiger partial charge in [0.15, 0.2) is 11.6 Å². The fourth-order valence-corrected chi connectivity index (χ4v) is 2.67. The summed E-state index contributed by atoms with van der Waals surface area (Å²) >= 11 is 0. The van der Waals surface area contributed by atoms with Gasteiger partial charge in [-0.15, -0.1) is 0 Å². The molecule has 2 nitrogen and oxygen atoms in total. The minimum absolute atomic E-state index is 0.0344. The van der Waals surface area contributed by atoms with E-state index in [1.165, 1.54) is 19.1 Å². The third kappa shape index (κ3) is 2.43. The quantitative estimate of drug-likeness (QED) is 0.600. The number of benzene rings is 1. The Morgan fingerprint density at radius 1 is 1.32 bits per heavy atom. The molecular formula is C14H14F3NO. The minimum Gasteiger partial charge on any atom is -0.243 e. The van der Waals surface area contributed by atoms with Crippen LogP contribution >= 0.6 is 0 Å². The lowest BCUT2D eigenvalue weighted by Crippen LogP contribution is -2.22. The number of aliphatic imine (C=N–C) groups is 1. The van der Waals surface area contributed by atoms with E-state index in [0.717, 1.165) is 18.9 Å². The summed E-state index contributed by atoms with van der Waals surface area (Å²) in [7, 11) is 0. The van der Waals surface area contributed by atoms with Crippen LogP contribution in [0.1, 0.15) is 49.9 Å². The van der Waals surface area contributed by atoms with E-state index in [2.05, 4.69) is 4.99 Å². The highest BCUT2D eigenvalue weighted by molar-refractivity contribution is 5.41. The van der Waals surface area contributed by atoms with E-state index in [0.29, 0.717) is 12.8 Å². The van der Waals surface area contributed by atoms with Crippen LogP contribution < -0.4 is 0 Å². The van der Waals surface area contributed by atoms with Crippen LogP contribution in [0.4, 0.5) is 13.2 Å². The highest BCUT2D eigenvalue weighted by Gasteiger charge is 2.39. The summed E-state index contributed by atoms with van der Waals surface area (Å²) in [4.78, 5) is 14.3. The summed E-state index contributed by atoms with van der Waals surface area (Å²) in [5, 5.41) is 0. The second kappa shape index (κ2) is 5.17. The van der Waals surface area contributed by atoms with Crippen molar-refractivity contribution in [3.05, 3.63) is 34.9 Å². The molecule has 1 aromatic rings. The predicted molar refractivity (Wildman–Crippen MR) is 64.1 cm³/mol. The molecule has 0 aromatic heterocycles. The van der Waals surface area contributed by atoms with Crippen LogP contribution in [0.2, 0.25) is 0 Å². The second-order valence-electron chi connectivity index (χ2n) is 4.92. The van der Waals surface area contributed by atoms with Gasteiger partial charge in [-0.2, -0.15) is 4.99 Å². The fourth-order valence-electron chi connectivity index (χ4n) is 2.67. The van der Waals surface area contributed by atoms with E-state index < -0.39 is 23.3 Å². The van der Waals surface area contributed by atoms with E-state index in [1.54, 1.807) is 0 Å². The van der Waals surface area contributed by atoms with Gasteiger partial charge in [0, 0.05) is 5.56 Å². The molecule has 1 aromatic carbocycles. The molecule has 0 bridgehead atoms. The zero-order valence-corrected chi connectivity index (χ0v) is 10.5. The molecule has 102 valence electrons. The van der Waals surface area contributed by atoms with Gasteiger partial charge in [-0.05, 0) is 37.5 Å². The van der Waals surface area contributed by atoms with Gasteiger partial charge in [0.1, 0.15) is 11.7 Å².